The highest BCUT2D eigenvalue weighted by Gasteiger charge is 2.30. The maximum absolute atomic E-state index is 13.8. The lowest BCUT2D eigenvalue weighted by Crippen LogP contribution is -2.27. The summed E-state index contributed by atoms with van der Waals surface area (Å²) in [5, 5.41) is 8.41. The number of piperidine rings is 1. The van der Waals surface area contributed by atoms with Crippen LogP contribution in [0.1, 0.15) is 47.9 Å². The van der Waals surface area contributed by atoms with E-state index in [1.807, 2.05) is 0 Å². The molecule has 3 aromatic rings. The molecule has 0 radical (unpaired) electrons. The van der Waals surface area contributed by atoms with Crippen LogP contribution in [0.3, 0.4) is 0 Å². The van der Waals surface area contributed by atoms with Crippen molar-refractivity contribution in [2.75, 3.05) is 36.7 Å². The van der Waals surface area contributed by atoms with Crippen molar-refractivity contribution in [1.29, 1.82) is 0 Å². The van der Waals surface area contributed by atoms with Gasteiger partial charge in [0.1, 0.15) is 29.5 Å². The number of hydrogen-bond acceptors (Lipinski definition) is 7. The third-order valence-electron chi connectivity index (χ3n) is 6.99. The van der Waals surface area contributed by atoms with E-state index in [4.69, 9.17) is 9.57 Å². The molecule has 3 aliphatic heterocycles. The van der Waals surface area contributed by atoms with E-state index in [9.17, 15) is 8.78 Å². The zero-order valence-corrected chi connectivity index (χ0v) is 19.3. The normalized spacial score (nSPS) is 20.1. The number of ether oxygens (including phenoxy) is 1. The summed E-state index contributed by atoms with van der Waals surface area (Å²) < 4.78 is 33.7. The Morgan fingerprint density at radius 2 is 1.80 bits per heavy atom. The van der Waals surface area contributed by atoms with E-state index in [0.717, 1.165) is 49.9 Å². The van der Waals surface area contributed by atoms with Crippen molar-refractivity contribution < 1.29 is 18.4 Å². The second-order valence-electron chi connectivity index (χ2n) is 9.19. The fraction of sp³-hybridized carbons (Fsp3) is 0.385. The van der Waals surface area contributed by atoms with Crippen LogP contribution in [0.2, 0.25) is 0 Å². The topological polar surface area (TPSA) is 71.5 Å². The van der Waals surface area contributed by atoms with Crippen LogP contribution in [-0.2, 0) is 11.3 Å². The van der Waals surface area contributed by atoms with Gasteiger partial charge in [0.15, 0.2) is 5.82 Å². The number of fused-ring (bicyclic) bond motifs is 1. The molecule has 182 valence electrons. The maximum atomic E-state index is 13.8. The van der Waals surface area contributed by atoms with Crippen LogP contribution in [-0.4, -0.2) is 36.3 Å². The smallest absolute Gasteiger partial charge is 0.158 e. The molecule has 4 heterocycles. The molecule has 9 heteroatoms. The third kappa shape index (κ3) is 4.41. The largest absolute Gasteiger partial charge is 0.491 e. The molecule has 0 bridgehead atoms. The van der Waals surface area contributed by atoms with Gasteiger partial charge in [-0.25, -0.2) is 23.8 Å². The van der Waals surface area contributed by atoms with Gasteiger partial charge in [-0.15, -0.1) is 0 Å². The summed E-state index contributed by atoms with van der Waals surface area (Å²) >= 11 is 0. The molecule has 3 aliphatic rings. The molecule has 6 rings (SSSR count). The summed E-state index contributed by atoms with van der Waals surface area (Å²) in [6.07, 6.45) is 5.23. The Labute approximate surface area is 202 Å². The molecule has 1 aromatic heterocycles. The molecule has 2 aromatic carbocycles. The van der Waals surface area contributed by atoms with E-state index in [1.165, 1.54) is 29.6 Å². The van der Waals surface area contributed by atoms with Crippen molar-refractivity contribution in [1.82, 2.24) is 15.3 Å². The number of anilines is 3. The Morgan fingerprint density at radius 1 is 0.971 bits per heavy atom. The molecular formula is C26H27F2N5O2. The third-order valence-corrected chi connectivity index (χ3v) is 6.99. The quantitative estimate of drug-likeness (QED) is 0.546. The first-order valence-electron chi connectivity index (χ1n) is 12.1. The van der Waals surface area contributed by atoms with Gasteiger partial charge in [-0.3, -0.25) is 4.84 Å². The first-order chi connectivity index (χ1) is 17.2. The van der Waals surface area contributed by atoms with E-state index >= 15 is 0 Å². The molecule has 0 amide bonds. The van der Waals surface area contributed by atoms with Gasteiger partial charge >= 0.3 is 0 Å². The van der Waals surface area contributed by atoms with E-state index in [1.54, 1.807) is 11.1 Å². The average molecular weight is 480 g/mol. The molecule has 0 unspecified atom stereocenters. The van der Waals surface area contributed by atoms with E-state index < -0.39 is 11.6 Å². The molecule has 0 aliphatic carbocycles. The van der Waals surface area contributed by atoms with Gasteiger partial charge in [-0.2, -0.15) is 0 Å². The molecule has 0 spiro atoms. The Hall–Kier alpha value is -3.30. The van der Waals surface area contributed by atoms with Crippen LogP contribution in [0.15, 0.2) is 42.7 Å². The summed E-state index contributed by atoms with van der Waals surface area (Å²) in [5.41, 5.74) is 4.05. The van der Waals surface area contributed by atoms with Gasteiger partial charge in [0.2, 0.25) is 0 Å². The van der Waals surface area contributed by atoms with Gasteiger partial charge in [-0.05, 0) is 61.2 Å². The summed E-state index contributed by atoms with van der Waals surface area (Å²) in [7, 11) is 0. The van der Waals surface area contributed by atoms with Crippen molar-refractivity contribution in [3.8, 4) is 5.75 Å². The van der Waals surface area contributed by atoms with Crippen molar-refractivity contribution in [2.24, 2.45) is 0 Å². The number of nitrogens with zero attached hydrogens (tertiary/aromatic N) is 3. The zero-order valence-electron chi connectivity index (χ0n) is 19.3. The molecule has 7 nitrogen and oxygen atoms in total. The summed E-state index contributed by atoms with van der Waals surface area (Å²) in [6.45, 7) is 3.20. The lowest BCUT2D eigenvalue weighted by Gasteiger charge is -2.25. The molecule has 2 saturated heterocycles. The van der Waals surface area contributed by atoms with Crippen LogP contribution in [0.4, 0.5) is 26.1 Å². The van der Waals surface area contributed by atoms with Crippen LogP contribution in [0.25, 0.3) is 0 Å². The molecule has 0 saturated carbocycles. The van der Waals surface area contributed by atoms with Crippen molar-refractivity contribution in [3.05, 3.63) is 71.1 Å². The Morgan fingerprint density at radius 3 is 2.63 bits per heavy atom. The maximum Gasteiger partial charge on any atom is 0.158 e. The predicted molar refractivity (Wildman–Crippen MR) is 128 cm³/mol. The molecule has 2 fully saturated rings. The first-order valence-corrected chi connectivity index (χ1v) is 12.1. The minimum atomic E-state index is -0.612. The average Bonchev–Trinajstić information content (AvgIpc) is 3.55. The number of nitrogens with one attached hydrogen (secondary N) is 2. The predicted octanol–water partition coefficient (Wildman–Crippen LogP) is 4.78. The second-order valence-corrected chi connectivity index (χ2v) is 9.19. The highest BCUT2D eigenvalue weighted by Crippen LogP contribution is 2.42. The fourth-order valence-electron chi connectivity index (χ4n) is 5.37. The lowest BCUT2D eigenvalue weighted by atomic mass is 9.86. The number of hydrogen-bond donors (Lipinski definition) is 2. The summed E-state index contributed by atoms with van der Waals surface area (Å²) in [6, 6.07) is 9.24. The minimum Gasteiger partial charge on any atom is -0.491 e. The summed E-state index contributed by atoms with van der Waals surface area (Å²) in [4.78, 5) is 14.5. The van der Waals surface area contributed by atoms with Gasteiger partial charge < -0.3 is 15.4 Å². The van der Waals surface area contributed by atoms with E-state index in [-0.39, 0.29) is 6.04 Å². The van der Waals surface area contributed by atoms with Gasteiger partial charge in [0.25, 0.3) is 0 Å². The first kappa shape index (κ1) is 22.2. The van der Waals surface area contributed by atoms with Gasteiger partial charge in [-0.1, -0.05) is 6.07 Å². The number of hydroxylamine groups is 1. The minimum absolute atomic E-state index is 0.347. The summed E-state index contributed by atoms with van der Waals surface area (Å²) in [5.74, 6) is 1.33. The molecular weight excluding hydrogens is 452 g/mol. The van der Waals surface area contributed by atoms with Crippen LogP contribution in [0.5, 0.6) is 5.75 Å². The van der Waals surface area contributed by atoms with Crippen LogP contribution in [0, 0.1) is 11.6 Å². The fourth-order valence-corrected chi connectivity index (χ4v) is 5.37. The Kier molecular flexibility index (Phi) is 5.95. The van der Waals surface area contributed by atoms with Gasteiger partial charge in [0.05, 0.1) is 24.9 Å². The van der Waals surface area contributed by atoms with Gasteiger partial charge in [0, 0.05) is 30.5 Å². The Bertz CT molecular complexity index is 1210. The second kappa shape index (κ2) is 9.39. The van der Waals surface area contributed by atoms with Crippen molar-refractivity contribution in [3.63, 3.8) is 0 Å². The number of halogens is 2. The highest BCUT2D eigenvalue weighted by molar-refractivity contribution is 5.70. The molecule has 1 atom stereocenters. The Balaban J connectivity index is 1.26. The van der Waals surface area contributed by atoms with Crippen LogP contribution < -0.4 is 20.4 Å². The zero-order chi connectivity index (χ0) is 23.8. The molecule has 2 N–H and O–H groups in total. The standard InChI is InChI=1S/C26H27F2N5O2/c27-18-11-17(12-19(28)13-18)23-6-10-35-33(23)25-14-24(30-15-31-25)32-22-2-1-20(16-3-7-29-8-4-16)21-5-9-34-26(21)22/h1-2,11-16,23,29H,3-10H2,(H,30,31,32)/t23-/m1/s1. The van der Waals surface area contributed by atoms with E-state index in [2.05, 4.69) is 32.7 Å². The van der Waals surface area contributed by atoms with Crippen LogP contribution >= 0.6 is 0 Å². The van der Waals surface area contributed by atoms with Crippen molar-refractivity contribution in [2.45, 2.75) is 37.6 Å². The number of aromatic nitrogens is 2. The SMILES string of the molecule is Fc1cc(F)cc([C@H]2CCON2c2cc(Nc3ccc(C4CCNCC4)c4c3OCC4)ncn2)c1. The number of benzene rings is 2. The monoisotopic (exact) mass is 479 g/mol. The molecule has 35 heavy (non-hydrogen) atoms. The van der Waals surface area contributed by atoms with E-state index in [0.29, 0.717) is 42.8 Å². The lowest BCUT2D eigenvalue weighted by molar-refractivity contribution is 0.156. The van der Waals surface area contributed by atoms with Crippen molar-refractivity contribution >= 4 is 17.3 Å². The highest BCUT2D eigenvalue weighted by atomic mass is 19.1. The number of rotatable bonds is 5.